The average Bonchev–Trinajstić information content (AvgIpc) is 2.81. The van der Waals surface area contributed by atoms with Crippen LogP contribution in [0.25, 0.3) is 0 Å². The molecule has 1 fully saturated rings. The van der Waals surface area contributed by atoms with Crippen molar-refractivity contribution in [2.45, 2.75) is 72.6 Å². The Labute approximate surface area is 175 Å². The maximum atomic E-state index is 6.03. The standard InChI is InChI=1S/C19H35N5O.HI/c1-8-9-10-25-17-11-16(19(17,4)5)22-18(20-6)21-12-15-13(2)23-24(7)14(15)3;/h16-17H,8-12H2,1-7H3,(H2,20,21,22);1H. The lowest BCUT2D eigenvalue weighted by atomic mass is 9.64. The normalized spacial score (nSPS) is 21.7. The van der Waals surface area contributed by atoms with E-state index in [2.05, 4.69) is 48.4 Å². The first-order chi connectivity index (χ1) is 11.8. The Hall–Kier alpha value is -0.830. The maximum Gasteiger partial charge on any atom is 0.191 e. The van der Waals surface area contributed by atoms with Gasteiger partial charge in [0.25, 0.3) is 0 Å². The van der Waals surface area contributed by atoms with Crippen LogP contribution in [0.2, 0.25) is 0 Å². The molecule has 150 valence electrons. The average molecular weight is 477 g/mol. The molecule has 1 aliphatic rings. The van der Waals surface area contributed by atoms with Gasteiger partial charge in [-0.3, -0.25) is 9.67 Å². The topological polar surface area (TPSA) is 63.5 Å². The molecule has 0 saturated heterocycles. The molecule has 0 amide bonds. The molecule has 26 heavy (non-hydrogen) atoms. The van der Waals surface area contributed by atoms with Crippen LogP contribution in [0.15, 0.2) is 4.99 Å². The van der Waals surface area contributed by atoms with Gasteiger partial charge in [0.05, 0.1) is 11.8 Å². The lowest BCUT2D eigenvalue weighted by Crippen LogP contribution is -2.63. The third kappa shape index (κ3) is 5.12. The summed E-state index contributed by atoms with van der Waals surface area (Å²) in [6, 6.07) is 0.376. The number of aryl methyl sites for hydroxylation is 2. The van der Waals surface area contributed by atoms with E-state index < -0.39 is 0 Å². The van der Waals surface area contributed by atoms with Crippen LogP contribution in [-0.2, 0) is 18.3 Å². The van der Waals surface area contributed by atoms with Gasteiger partial charge in [0.1, 0.15) is 0 Å². The summed E-state index contributed by atoms with van der Waals surface area (Å²) in [5.41, 5.74) is 3.61. The highest BCUT2D eigenvalue weighted by atomic mass is 127. The van der Waals surface area contributed by atoms with Crippen LogP contribution in [-0.4, -0.2) is 41.5 Å². The first-order valence-corrected chi connectivity index (χ1v) is 9.39. The van der Waals surface area contributed by atoms with E-state index in [9.17, 15) is 0 Å². The SMILES string of the molecule is CCCCOC1CC(NC(=NC)NCc2c(C)nn(C)c2C)C1(C)C.I. The number of hydrogen-bond donors (Lipinski definition) is 2. The molecule has 0 aliphatic heterocycles. The van der Waals surface area contributed by atoms with Crippen LogP contribution in [0.4, 0.5) is 0 Å². The summed E-state index contributed by atoms with van der Waals surface area (Å²) < 4.78 is 7.96. The number of rotatable bonds is 7. The molecule has 0 bridgehead atoms. The van der Waals surface area contributed by atoms with Gasteiger partial charge in [-0.2, -0.15) is 5.10 Å². The molecule has 2 unspecified atom stereocenters. The third-order valence-corrected chi connectivity index (χ3v) is 5.62. The summed E-state index contributed by atoms with van der Waals surface area (Å²) in [6.45, 7) is 12.5. The van der Waals surface area contributed by atoms with Crippen molar-refractivity contribution < 1.29 is 4.74 Å². The van der Waals surface area contributed by atoms with Gasteiger partial charge >= 0.3 is 0 Å². The summed E-state index contributed by atoms with van der Waals surface area (Å²) in [6.07, 6.45) is 3.68. The van der Waals surface area contributed by atoms with Gasteiger partial charge in [-0.1, -0.05) is 27.2 Å². The highest BCUT2D eigenvalue weighted by molar-refractivity contribution is 14.0. The predicted molar refractivity (Wildman–Crippen MR) is 118 cm³/mol. The minimum Gasteiger partial charge on any atom is -0.378 e. The molecule has 2 N–H and O–H groups in total. The van der Waals surface area contributed by atoms with Crippen LogP contribution >= 0.6 is 24.0 Å². The number of guanidine groups is 1. The predicted octanol–water partition coefficient (Wildman–Crippen LogP) is 3.30. The van der Waals surface area contributed by atoms with Crippen LogP contribution in [0.5, 0.6) is 0 Å². The van der Waals surface area contributed by atoms with E-state index in [-0.39, 0.29) is 29.4 Å². The second kappa shape index (κ2) is 9.92. The van der Waals surface area contributed by atoms with Gasteiger partial charge in [-0.15, -0.1) is 24.0 Å². The molecule has 7 heteroatoms. The molecule has 1 aliphatic carbocycles. The fourth-order valence-electron chi connectivity index (χ4n) is 3.39. The summed E-state index contributed by atoms with van der Waals surface area (Å²) >= 11 is 0. The number of hydrogen-bond acceptors (Lipinski definition) is 3. The summed E-state index contributed by atoms with van der Waals surface area (Å²) in [7, 11) is 3.80. The number of nitrogens with one attached hydrogen (secondary N) is 2. The molecule has 0 radical (unpaired) electrons. The molecular formula is C19H36IN5O. The molecule has 1 aromatic heterocycles. The van der Waals surface area contributed by atoms with Gasteiger partial charge in [0.15, 0.2) is 5.96 Å². The summed E-state index contributed by atoms with van der Waals surface area (Å²) in [5.74, 6) is 0.840. The van der Waals surface area contributed by atoms with Crippen LogP contribution < -0.4 is 10.6 Å². The number of unbranched alkanes of at least 4 members (excludes halogenated alkanes) is 1. The second-order valence-electron chi connectivity index (χ2n) is 7.67. The van der Waals surface area contributed by atoms with Crippen LogP contribution in [0.3, 0.4) is 0 Å². The third-order valence-electron chi connectivity index (χ3n) is 5.62. The Balaban J connectivity index is 0.00000338. The Morgan fingerprint density at radius 2 is 2.08 bits per heavy atom. The molecule has 1 aromatic rings. The highest BCUT2D eigenvalue weighted by Gasteiger charge is 2.49. The number of aliphatic imine (C=N–C) groups is 1. The Morgan fingerprint density at radius 1 is 1.38 bits per heavy atom. The van der Waals surface area contributed by atoms with Crippen molar-refractivity contribution in [3.8, 4) is 0 Å². The number of aromatic nitrogens is 2. The first-order valence-electron chi connectivity index (χ1n) is 9.39. The zero-order valence-corrected chi connectivity index (χ0v) is 19.7. The van der Waals surface area contributed by atoms with E-state index in [1.807, 2.05) is 25.7 Å². The largest absolute Gasteiger partial charge is 0.378 e. The van der Waals surface area contributed by atoms with Crippen molar-refractivity contribution in [2.75, 3.05) is 13.7 Å². The second-order valence-corrected chi connectivity index (χ2v) is 7.67. The van der Waals surface area contributed by atoms with E-state index in [1.54, 1.807) is 0 Å². The van der Waals surface area contributed by atoms with Crippen molar-refractivity contribution >= 4 is 29.9 Å². The minimum atomic E-state index is 0. The maximum absolute atomic E-state index is 6.03. The van der Waals surface area contributed by atoms with Crippen molar-refractivity contribution in [2.24, 2.45) is 17.5 Å². The number of halogens is 1. The van der Waals surface area contributed by atoms with Crippen molar-refractivity contribution in [1.82, 2.24) is 20.4 Å². The Kier molecular flexibility index (Phi) is 8.85. The van der Waals surface area contributed by atoms with E-state index in [0.717, 1.165) is 37.6 Å². The van der Waals surface area contributed by atoms with E-state index in [4.69, 9.17) is 4.74 Å². The van der Waals surface area contributed by atoms with Crippen molar-refractivity contribution in [3.63, 3.8) is 0 Å². The molecular weight excluding hydrogens is 441 g/mol. The lowest BCUT2D eigenvalue weighted by molar-refractivity contribution is -0.113. The molecule has 2 rings (SSSR count). The monoisotopic (exact) mass is 477 g/mol. The van der Waals surface area contributed by atoms with E-state index in [0.29, 0.717) is 12.1 Å². The summed E-state index contributed by atoms with van der Waals surface area (Å²) in [5, 5.41) is 11.5. The summed E-state index contributed by atoms with van der Waals surface area (Å²) in [4.78, 5) is 4.38. The minimum absolute atomic E-state index is 0. The van der Waals surface area contributed by atoms with Gasteiger partial charge in [0.2, 0.25) is 0 Å². The van der Waals surface area contributed by atoms with Crippen molar-refractivity contribution in [3.05, 3.63) is 17.0 Å². The Morgan fingerprint density at radius 3 is 2.58 bits per heavy atom. The fourth-order valence-corrected chi connectivity index (χ4v) is 3.39. The van der Waals surface area contributed by atoms with E-state index in [1.165, 1.54) is 17.7 Å². The number of ether oxygens (including phenoxy) is 1. The van der Waals surface area contributed by atoms with Gasteiger partial charge in [-0.25, -0.2) is 0 Å². The van der Waals surface area contributed by atoms with Gasteiger partial charge in [0, 0.05) is 50.0 Å². The zero-order chi connectivity index (χ0) is 18.6. The lowest BCUT2D eigenvalue weighted by Gasteiger charge is -2.52. The quantitative estimate of drug-likeness (QED) is 0.274. The molecule has 0 aromatic carbocycles. The zero-order valence-electron chi connectivity index (χ0n) is 17.3. The Bertz CT molecular complexity index is 611. The van der Waals surface area contributed by atoms with Crippen LogP contribution in [0, 0.1) is 19.3 Å². The molecule has 1 saturated carbocycles. The smallest absolute Gasteiger partial charge is 0.191 e. The number of nitrogens with zero attached hydrogens (tertiary/aromatic N) is 3. The fraction of sp³-hybridized carbons (Fsp3) is 0.789. The highest BCUT2D eigenvalue weighted by Crippen LogP contribution is 2.42. The molecule has 0 spiro atoms. The van der Waals surface area contributed by atoms with Crippen molar-refractivity contribution in [1.29, 1.82) is 0 Å². The first kappa shape index (κ1) is 23.2. The van der Waals surface area contributed by atoms with Crippen LogP contribution in [0.1, 0.15) is 57.0 Å². The van der Waals surface area contributed by atoms with E-state index >= 15 is 0 Å². The van der Waals surface area contributed by atoms with Gasteiger partial charge in [-0.05, 0) is 26.7 Å². The molecule has 1 heterocycles. The molecule has 6 nitrogen and oxygen atoms in total. The molecule has 2 atom stereocenters. The van der Waals surface area contributed by atoms with Gasteiger partial charge < -0.3 is 15.4 Å².